The van der Waals surface area contributed by atoms with Crippen LogP contribution in [0.5, 0.6) is 0 Å². The average Bonchev–Trinajstić information content (AvgIpc) is 2.14. The molecule has 0 saturated carbocycles. The Morgan fingerprint density at radius 1 is 1.53 bits per heavy atom. The van der Waals surface area contributed by atoms with Crippen LogP contribution in [0.25, 0.3) is 0 Å². The molecule has 3 nitrogen and oxygen atoms in total. The molecule has 15 heavy (non-hydrogen) atoms. The van der Waals surface area contributed by atoms with Gasteiger partial charge in [-0.25, -0.2) is 9.19 Å². The number of nitrogens with zero attached hydrogens (tertiary/aromatic N) is 2. The Balaban J connectivity index is 2.84. The maximum Gasteiger partial charge on any atom is 0.144 e. The van der Waals surface area contributed by atoms with Crippen LogP contribution in [0.3, 0.4) is 0 Å². The minimum atomic E-state index is -1.23. The molecular weight excluding hydrogens is 276 g/mol. The van der Waals surface area contributed by atoms with Crippen LogP contribution in [-0.2, 0) is 11.0 Å². The highest BCUT2D eigenvalue weighted by atomic mass is 79.9. The van der Waals surface area contributed by atoms with Gasteiger partial charge in [0.2, 0.25) is 0 Å². The van der Waals surface area contributed by atoms with Crippen LogP contribution in [0.1, 0.15) is 26.3 Å². The van der Waals surface area contributed by atoms with Gasteiger partial charge in [-0.3, -0.25) is 0 Å². The van der Waals surface area contributed by atoms with Crippen molar-refractivity contribution in [2.24, 2.45) is 4.40 Å². The van der Waals surface area contributed by atoms with Crippen LogP contribution in [0, 0.1) is 0 Å². The van der Waals surface area contributed by atoms with Gasteiger partial charge in [0.1, 0.15) is 15.6 Å². The van der Waals surface area contributed by atoms with Gasteiger partial charge in [0.25, 0.3) is 0 Å². The summed E-state index contributed by atoms with van der Waals surface area (Å²) >= 11 is 3.30. The molecule has 1 aromatic rings. The molecule has 0 spiro atoms. The monoisotopic (exact) mass is 288 g/mol. The number of halogens is 1. The Hall–Kier alpha value is -0.550. The molecule has 0 aliphatic rings. The maximum atomic E-state index is 11.6. The topological polar surface area (TPSA) is 42.3 Å². The SMILES string of the molecule is CC(C)(C)[S@@](=O)N=Cc1cccnc1Br. The lowest BCUT2D eigenvalue weighted by atomic mass is 10.3. The average molecular weight is 289 g/mol. The zero-order chi connectivity index (χ0) is 11.5. The van der Waals surface area contributed by atoms with Crippen molar-refractivity contribution in [2.75, 3.05) is 0 Å². The molecule has 0 fully saturated rings. The van der Waals surface area contributed by atoms with E-state index in [1.807, 2.05) is 32.9 Å². The molecular formula is C10H13BrN2OS. The first kappa shape index (κ1) is 12.5. The van der Waals surface area contributed by atoms with Crippen LogP contribution in [-0.4, -0.2) is 20.2 Å². The lowest BCUT2D eigenvalue weighted by Crippen LogP contribution is -2.19. The molecule has 0 bridgehead atoms. The van der Waals surface area contributed by atoms with Gasteiger partial charge in [-0.05, 0) is 48.8 Å². The van der Waals surface area contributed by atoms with E-state index in [0.29, 0.717) is 4.60 Å². The van der Waals surface area contributed by atoms with Crippen LogP contribution in [0.4, 0.5) is 0 Å². The third kappa shape index (κ3) is 3.83. The van der Waals surface area contributed by atoms with E-state index in [1.54, 1.807) is 12.4 Å². The normalized spacial score (nSPS) is 14.4. The number of pyridine rings is 1. The Bertz CT molecular complexity index is 399. The molecule has 0 aromatic carbocycles. The van der Waals surface area contributed by atoms with Crippen molar-refractivity contribution in [2.45, 2.75) is 25.5 Å². The van der Waals surface area contributed by atoms with Crippen molar-refractivity contribution < 1.29 is 4.21 Å². The van der Waals surface area contributed by atoms with E-state index in [2.05, 4.69) is 25.3 Å². The summed E-state index contributed by atoms with van der Waals surface area (Å²) in [6.45, 7) is 5.66. The third-order valence-corrected chi connectivity index (χ3v) is 3.61. The van der Waals surface area contributed by atoms with Crippen molar-refractivity contribution in [3.8, 4) is 0 Å². The van der Waals surface area contributed by atoms with E-state index in [9.17, 15) is 4.21 Å². The molecule has 0 unspecified atom stereocenters. The molecule has 1 heterocycles. The van der Waals surface area contributed by atoms with Crippen LogP contribution in [0.2, 0.25) is 0 Å². The van der Waals surface area contributed by atoms with Crippen LogP contribution < -0.4 is 0 Å². The second-order valence-electron chi connectivity index (χ2n) is 3.98. The molecule has 1 rings (SSSR count). The summed E-state index contributed by atoms with van der Waals surface area (Å²) < 4.78 is 16.0. The first-order valence-electron chi connectivity index (χ1n) is 4.48. The largest absolute Gasteiger partial charge is 0.249 e. The van der Waals surface area contributed by atoms with Crippen molar-refractivity contribution in [1.82, 2.24) is 4.98 Å². The number of hydrogen-bond donors (Lipinski definition) is 0. The summed E-state index contributed by atoms with van der Waals surface area (Å²) in [7, 11) is -1.23. The number of hydrogen-bond acceptors (Lipinski definition) is 2. The van der Waals surface area contributed by atoms with Gasteiger partial charge >= 0.3 is 0 Å². The first-order chi connectivity index (χ1) is 6.91. The Morgan fingerprint density at radius 2 is 2.20 bits per heavy atom. The molecule has 0 amide bonds. The maximum absolute atomic E-state index is 11.6. The van der Waals surface area contributed by atoms with E-state index < -0.39 is 11.0 Å². The smallest absolute Gasteiger partial charge is 0.144 e. The lowest BCUT2D eigenvalue weighted by Gasteiger charge is -2.12. The van der Waals surface area contributed by atoms with Gasteiger partial charge in [0.15, 0.2) is 0 Å². The Labute approximate surface area is 101 Å². The van der Waals surface area contributed by atoms with E-state index in [-0.39, 0.29) is 4.75 Å². The van der Waals surface area contributed by atoms with Crippen molar-refractivity contribution in [3.63, 3.8) is 0 Å². The van der Waals surface area contributed by atoms with Gasteiger partial charge in [-0.15, -0.1) is 0 Å². The van der Waals surface area contributed by atoms with Crippen molar-refractivity contribution in [1.29, 1.82) is 0 Å². The first-order valence-corrected chi connectivity index (χ1v) is 6.38. The zero-order valence-corrected chi connectivity index (χ0v) is 11.3. The Morgan fingerprint density at radius 3 is 2.73 bits per heavy atom. The van der Waals surface area contributed by atoms with Gasteiger partial charge in [0.05, 0.1) is 4.75 Å². The minimum Gasteiger partial charge on any atom is -0.249 e. The van der Waals surface area contributed by atoms with E-state index in [1.165, 1.54) is 0 Å². The summed E-state index contributed by atoms with van der Waals surface area (Å²) in [5.74, 6) is 0. The Kier molecular flexibility index (Phi) is 4.16. The fourth-order valence-electron chi connectivity index (χ4n) is 0.758. The standard InChI is InChI=1S/C10H13BrN2OS/c1-10(2,3)15(14)13-7-8-5-4-6-12-9(8)11/h4-7H,1-3H3/t15-/m1/s1. The van der Waals surface area contributed by atoms with Gasteiger partial charge in [-0.1, -0.05) is 0 Å². The van der Waals surface area contributed by atoms with Gasteiger partial charge in [0, 0.05) is 18.0 Å². The highest BCUT2D eigenvalue weighted by Crippen LogP contribution is 2.14. The molecule has 5 heteroatoms. The van der Waals surface area contributed by atoms with Crippen LogP contribution in [0.15, 0.2) is 27.3 Å². The summed E-state index contributed by atoms with van der Waals surface area (Å²) in [6, 6.07) is 3.67. The fraction of sp³-hybridized carbons (Fsp3) is 0.400. The molecule has 1 aromatic heterocycles. The molecule has 0 radical (unpaired) electrons. The second kappa shape index (κ2) is 4.99. The fourth-order valence-corrected chi connectivity index (χ4v) is 1.64. The zero-order valence-electron chi connectivity index (χ0n) is 8.90. The molecule has 0 aliphatic carbocycles. The molecule has 0 aliphatic heterocycles. The highest BCUT2D eigenvalue weighted by Gasteiger charge is 2.18. The molecule has 1 atom stereocenters. The third-order valence-electron chi connectivity index (χ3n) is 1.60. The van der Waals surface area contributed by atoms with Gasteiger partial charge in [-0.2, -0.15) is 4.40 Å². The summed E-state index contributed by atoms with van der Waals surface area (Å²) in [4.78, 5) is 4.05. The molecule has 82 valence electrons. The summed E-state index contributed by atoms with van der Waals surface area (Å²) in [5.41, 5.74) is 0.829. The lowest BCUT2D eigenvalue weighted by molar-refractivity contribution is 0.651. The summed E-state index contributed by atoms with van der Waals surface area (Å²) in [6.07, 6.45) is 3.26. The molecule has 0 saturated heterocycles. The van der Waals surface area contributed by atoms with E-state index in [4.69, 9.17) is 0 Å². The van der Waals surface area contributed by atoms with Crippen LogP contribution >= 0.6 is 15.9 Å². The molecule has 0 N–H and O–H groups in total. The van der Waals surface area contributed by atoms with E-state index in [0.717, 1.165) is 5.56 Å². The number of aromatic nitrogens is 1. The predicted molar refractivity (Wildman–Crippen MR) is 67.4 cm³/mol. The minimum absolute atomic E-state index is 0.328. The van der Waals surface area contributed by atoms with Crippen molar-refractivity contribution in [3.05, 3.63) is 28.5 Å². The van der Waals surface area contributed by atoms with Gasteiger partial charge < -0.3 is 0 Å². The predicted octanol–water partition coefficient (Wildman–Crippen LogP) is 2.73. The van der Waals surface area contributed by atoms with Crippen molar-refractivity contribution >= 4 is 33.1 Å². The highest BCUT2D eigenvalue weighted by molar-refractivity contribution is 9.10. The second-order valence-corrected chi connectivity index (χ2v) is 6.66. The quantitative estimate of drug-likeness (QED) is 0.620. The summed E-state index contributed by atoms with van der Waals surface area (Å²) in [5, 5.41) is 0. The number of rotatable bonds is 2. The van der Waals surface area contributed by atoms with E-state index >= 15 is 0 Å².